The average Bonchev–Trinajstić information content (AvgIpc) is 3.24. The van der Waals surface area contributed by atoms with Gasteiger partial charge in [-0.1, -0.05) is 48.8 Å². The van der Waals surface area contributed by atoms with Crippen molar-refractivity contribution >= 4 is 50.1 Å². The molecule has 3 aromatic rings. The maximum absolute atomic E-state index is 12.1. The minimum atomic E-state index is -3.67. The molecule has 0 aliphatic carbocycles. The van der Waals surface area contributed by atoms with Crippen LogP contribution in [0.25, 0.3) is 11.0 Å². The summed E-state index contributed by atoms with van der Waals surface area (Å²) in [7, 11) is -3.67. The van der Waals surface area contributed by atoms with Crippen molar-refractivity contribution in [2.45, 2.75) is 39.0 Å². The topological polar surface area (TPSA) is 116 Å². The molecule has 200 valence electrons. The molecule has 0 radical (unpaired) electrons. The minimum Gasteiger partial charge on any atom is -0.354 e. The molecule has 3 heterocycles. The summed E-state index contributed by atoms with van der Waals surface area (Å²) < 4.78 is 31.3. The third-order valence-electron chi connectivity index (χ3n) is 6.90. The number of fused-ring (bicyclic) bond motifs is 2. The number of piperazine rings is 1. The van der Waals surface area contributed by atoms with E-state index in [1.54, 1.807) is 0 Å². The van der Waals surface area contributed by atoms with E-state index in [9.17, 15) is 13.2 Å². The molecule has 0 saturated carbocycles. The zero-order chi connectivity index (χ0) is 27.0. The highest BCUT2D eigenvalue weighted by Gasteiger charge is 2.34. The Labute approximate surface area is 222 Å². The fourth-order valence-electron chi connectivity index (χ4n) is 4.98. The summed E-state index contributed by atoms with van der Waals surface area (Å²) in [6, 6.07) is 10.2. The van der Waals surface area contributed by atoms with Crippen LogP contribution in [-0.2, 0) is 26.7 Å². The zero-order valence-corrected chi connectivity index (χ0v) is 23.1. The maximum atomic E-state index is 12.1. The lowest BCUT2D eigenvalue weighted by Crippen LogP contribution is -2.47. The molecule has 0 spiro atoms. The normalized spacial score (nSPS) is 17.7. The molecule has 1 fully saturated rings. The number of nitrogens with zero attached hydrogens (tertiary/aromatic N) is 3. The van der Waals surface area contributed by atoms with Gasteiger partial charge in [-0.3, -0.25) is 14.2 Å². The van der Waals surface area contributed by atoms with E-state index in [1.165, 1.54) is 5.56 Å². The van der Waals surface area contributed by atoms with Crippen molar-refractivity contribution in [2.24, 2.45) is 0 Å². The first kappa shape index (κ1) is 27.4. The fraction of sp³-hybridized carbons (Fsp3) is 0.462. The van der Waals surface area contributed by atoms with Crippen LogP contribution >= 0.6 is 11.6 Å². The molecular formula is C26H33ClN4O5S. The van der Waals surface area contributed by atoms with Gasteiger partial charge in [0, 0.05) is 55.3 Å². The minimum absolute atomic E-state index is 0.0622. The third-order valence-corrected chi connectivity index (χ3v) is 7.42. The van der Waals surface area contributed by atoms with Gasteiger partial charge in [0.05, 0.1) is 11.6 Å². The number of halogens is 1. The molecule has 9 nitrogen and oxygen atoms in total. The number of para-hydroxylation sites is 1. The van der Waals surface area contributed by atoms with Crippen LogP contribution in [0.2, 0.25) is 5.02 Å². The molecule has 1 saturated heterocycles. The second-order valence-electron chi connectivity index (χ2n) is 10.3. The highest BCUT2D eigenvalue weighted by molar-refractivity contribution is 7.85. The monoisotopic (exact) mass is 548 g/mol. The number of hydrogen-bond acceptors (Lipinski definition) is 7. The second kappa shape index (κ2) is 10.6. The quantitative estimate of drug-likeness (QED) is 0.464. The van der Waals surface area contributed by atoms with Gasteiger partial charge in [0.15, 0.2) is 11.4 Å². The molecule has 2 N–H and O–H groups in total. The third kappa shape index (κ3) is 6.43. The first-order valence-corrected chi connectivity index (χ1v) is 14.4. The highest BCUT2D eigenvalue weighted by atomic mass is 35.5. The fourth-order valence-corrected chi connectivity index (χ4v) is 5.23. The predicted molar refractivity (Wildman–Crippen MR) is 146 cm³/mol. The van der Waals surface area contributed by atoms with Crippen LogP contribution in [0, 0.1) is 6.92 Å². The van der Waals surface area contributed by atoms with Crippen LogP contribution < -0.4 is 10.2 Å². The van der Waals surface area contributed by atoms with E-state index in [1.807, 2.05) is 25.1 Å². The van der Waals surface area contributed by atoms with E-state index in [-0.39, 0.29) is 11.3 Å². The largest absolute Gasteiger partial charge is 0.354 e. The van der Waals surface area contributed by atoms with Crippen LogP contribution in [0.15, 0.2) is 34.9 Å². The first-order valence-electron chi connectivity index (χ1n) is 12.2. The molecule has 11 heteroatoms. The lowest BCUT2D eigenvalue weighted by atomic mass is 9.76. The standard InChI is InChI=1S/C25H29ClN4O2.CH4O3S/c1-16-22(26)17(14-19-23(16)27-21(31)15-25(19,2)3)8-9-29-10-12-30(13-11-29)24-18-6-4-5-7-20(18)32-28-24;1-5(2,3)4/h4-7,14H,8-13,15H2,1-3H3,(H,27,31);1H3,(H,2,3,4). The molecule has 2 aliphatic heterocycles. The molecule has 37 heavy (non-hydrogen) atoms. The Kier molecular flexibility index (Phi) is 7.85. The summed E-state index contributed by atoms with van der Waals surface area (Å²) in [5, 5.41) is 9.19. The van der Waals surface area contributed by atoms with Gasteiger partial charge in [0.25, 0.3) is 10.1 Å². The average molecular weight is 549 g/mol. The number of benzene rings is 2. The van der Waals surface area contributed by atoms with Gasteiger partial charge in [-0.2, -0.15) is 8.42 Å². The van der Waals surface area contributed by atoms with Crippen molar-refractivity contribution in [1.29, 1.82) is 0 Å². The van der Waals surface area contributed by atoms with Crippen molar-refractivity contribution < 1.29 is 22.3 Å². The van der Waals surface area contributed by atoms with E-state index < -0.39 is 10.1 Å². The van der Waals surface area contributed by atoms with Crippen molar-refractivity contribution in [2.75, 3.05) is 49.2 Å². The van der Waals surface area contributed by atoms with E-state index in [0.29, 0.717) is 12.7 Å². The lowest BCUT2D eigenvalue weighted by molar-refractivity contribution is -0.117. The molecule has 0 bridgehead atoms. The van der Waals surface area contributed by atoms with Gasteiger partial charge < -0.3 is 14.7 Å². The van der Waals surface area contributed by atoms with Crippen LogP contribution in [0.4, 0.5) is 11.5 Å². The zero-order valence-electron chi connectivity index (χ0n) is 21.5. The Morgan fingerprint density at radius 2 is 1.84 bits per heavy atom. The molecule has 2 aromatic carbocycles. The summed E-state index contributed by atoms with van der Waals surface area (Å²) in [6.45, 7) is 11.0. The van der Waals surface area contributed by atoms with Gasteiger partial charge in [0.2, 0.25) is 5.91 Å². The molecule has 1 amide bonds. The first-order chi connectivity index (χ1) is 17.3. The number of rotatable bonds is 4. The Morgan fingerprint density at radius 1 is 1.19 bits per heavy atom. The number of nitrogens with one attached hydrogen (secondary N) is 1. The van der Waals surface area contributed by atoms with E-state index in [2.05, 4.69) is 46.3 Å². The van der Waals surface area contributed by atoms with E-state index >= 15 is 0 Å². The van der Waals surface area contributed by atoms with E-state index in [4.69, 9.17) is 20.7 Å². The summed E-state index contributed by atoms with van der Waals surface area (Å²) in [5.74, 6) is 1.00. The molecule has 0 unspecified atom stereocenters. The number of amides is 1. The number of anilines is 2. The van der Waals surface area contributed by atoms with E-state index in [0.717, 1.165) is 77.8 Å². The second-order valence-corrected chi connectivity index (χ2v) is 12.2. The maximum Gasteiger partial charge on any atom is 0.261 e. The Balaban J connectivity index is 0.000000586. The Morgan fingerprint density at radius 3 is 2.51 bits per heavy atom. The van der Waals surface area contributed by atoms with Crippen molar-refractivity contribution in [1.82, 2.24) is 10.1 Å². The predicted octanol–water partition coefficient (Wildman–Crippen LogP) is 4.28. The number of carbonyl (C=O) groups is 1. The van der Waals surface area contributed by atoms with Crippen LogP contribution in [-0.4, -0.2) is 67.9 Å². The summed E-state index contributed by atoms with van der Waals surface area (Å²) in [6.07, 6.45) is 2.11. The van der Waals surface area contributed by atoms with Gasteiger partial charge in [0.1, 0.15) is 0 Å². The van der Waals surface area contributed by atoms with Gasteiger partial charge in [-0.05, 0) is 42.2 Å². The smallest absolute Gasteiger partial charge is 0.261 e. The molecular weight excluding hydrogens is 516 g/mol. The van der Waals surface area contributed by atoms with Gasteiger partial charge >= 0.3 is 0 Å². The number of aromatic nitrogens is 1. The molecule has 0 atom stereocenters. The number of hydrogen-bond donors (Lipinski definition) is 2. The summed E-state index contributed by atoms with van der Waals surface area (Å²) >= 11 is 6.74. The van der Waals surface area contributed by atoms with Crippen LogP contribution in [0.5, 0.6) is 0 Å². The van der Waals surface area contributed by atoms with Gasteiger partial charge in [-0.15, -0.1) is 0 Å². The Bertz CT molecular complexity index is 1400. The van der Waals surface area contributed by atoms with Crippen LogP contribution in [0.3, 0.4) is 0 Å². The summed E-state index contributed by atoms with van der Waals surface area (Å²) in [4.78, 5) is 16.9. The van der Waals surface area contributed by atoms with Gasteiger partial charge in [-0.25, -0.2) is 0 Å². The molecule has 1 aromatic heterocycles. The van der Waals surface area contributed by atoms with Crippen molar-refractivity contribution in [3.8, 4) is 0 Å². The summed E-state index contributed by atoms with van der Waals surface area (Å²) in [5.41, 5.74) is 4.88. The molecule has 5 rings (SSSR count). The lowest BCUT2D eigenvalue weighted by Gasteiger charge is -2.36. The SMILES string of the molecule is CS(=O)(=O)O.Cc1c(Cl)c(CCN2CCN(c3noc4ccccc34)CC2)cc2c1NC(=O)CC2(C)C. The van der Waals surface area contributed by atoms with Crippen molar-refractivity contribution in [3.05, 3.63) is 52.0 Å². The molecule has 2 aliphatic rings. The van der Waals surface area contributed by atoms with Crippen molar-refractivity contribution in [3.63, 3.8) is 0 Å². The number of carbonyl (C=O) groups excluding carboxylic acids is 1. The Hall–Kier alpha value is -2.66. The van der Waals surface area contributed by atoms with Crippen LogP contribution in [0.1, 0.15) is 37.0 Å². The highest BCUT2D eigenvalue weighted by Crippen LogP contribution is 2.42.